The molecular formula is C15H22F3N2O5-. The number of aliphatic hydroxyl groups is 1. The highest BCUT2D eigenvalue weighted by Gasteiger charge is 2.62. The molecule has 10 heteroatoms. The number of carbonyl (C=O) groups excluding carboxylic acids is 2. The van der Waals surface area contributed by atoms with Crippen LogP contribution in [0.25, 0.3) is 0 Å². The number of hydrogen-bond acceptors (Lipinski definition) is 6. The second-order valence-corrected chi connectivity index (χ2v) is 7.94. The number of carboxylic acid groups (broad SMARTS) is 1. The van der Waals surface area contributed by atoms with E-state index in [0.717, 1.165) is 4.90 Å². The minimum atomic E-state index is -4.85. The molecule has 0 radical (unpaired) electrons. The van der Waals surface area contributed by atoms with Crippen molar-refractivity contribution < 1.29 is 37.7 Å². The maximum Gasteiger partial charge on any atom is 0.418 e. The van der Waals surface area contributed by atoms with E-state index in [0.29, 0.717) is 0 Å². The van der Waals surface area contributed by atoms with Crippen LogP contribution in [0.15, 0.2) is 0 Å². The average Bonchev–Trinajstić information content (AvgIpc) is 2.71. The van der Waals surface area contributed by atoms with Crippen molar-refractivity contribution in [3.05, 3.63) is 0 Å². The molecular weight excluding hydrogens is 345 g/mol. The third kappa shape index (κ3) is 3.55. The number of carbonyl (C=O) groups is 2. The van der Waals surface area contributed by atoms with Gasteiger partial charge in [0.1, 0.15) is 5.60 Å². The predicted molar refractivity (Wildman–Crippen MR) is 77.3 cm³/mol. The molecule has 3 atom stereocenters. The molecule has 0 aromatic rings. The lowest BCUT2D eigenvalue weighted by atomic mass is 9.93. The Kier molecular flexibility index (Phi) is 4.53. The topological polar surface area (TPSA) is 93.1 Å². The maximum atomic E-state index is 13.1. The van der Waals surface area contributed by atoms with E-state index in [2.05, 4.69) is 0 Å². The predicted octanol–water partition coefficient (Wildman–Crippen LogP) is 0.113. The molecule has 1 N–H and O–H groups in total. The summed E-state index contributed by atoms with van der Waals surface area (Å²) in [5, 5.41) is 21.5. The van der Waals surface area contributed by atoms with Gasteiger partial charge in [-0.15, -0.1) is 0 Å². The molecule has 0 aromatic carbocycles. The van der Waals surface area contributed by atoms with E-state index in [1.807, 2.05) is 0 Å². The van der Waals surface area contributed by atoms with Gasteiger partial charge in [-0.3, -0.25) is 9.80 Å². The Labute approximate surface area is 143 Å². The molecule has 7 nitrogen and oxygen atoms in total. The maximum absolute atomic E-state index is 13.1. The SMILES string of the molecule is CC(C)(C)OC(=O)N1C[C@H]2C[C@](O)(C(F)(F)F)CN2C[C@@]1(C)C(=O)[O-]. The minimum absolute atomic E-state index is 0.308. The summed E-state index contributed by atoms with van der Waals surface area (Å²) in [6.45, 7) is 4.54. The van der Waals surface area contributed by atoms with Crippen LogP contribution in [0, 0.1) is 0 Å². The number of aliphatic carboxylic acids is 1. The molecule has 2 fully saturated rings. The smallest absolute Gasteiger partial charge is 0.418 e. The van der Waals surface area contributed by atoms with Crippen LogP contribution >= 0.6 is 0 Å². The van der Waals surface area contributed by atoms with Gasteiger partial charge in [-0.1, -0.05) is 0 Å². The molecule has 0 saturated carbocycles. The van der Waals surface area contributed by atoms with E-state index >= 15 is 0 Å². The molecule has 0 aliphatic carbocycles. The highest BCUT2D eigenvalue weighted by Crippen LogP contribution is 2.43. The average molecular weight is 367 g/mol. The number of hydrogen-bond donors (Lipinski definition) is 1. The summed E-state index contributed by atoms with van der Waals surface area (Å²) in [4.78, 5) is 26.1. The van der Waals surface area contributed by atoms with E-state index in [1.54, 1.807) is 20.8 Å². The van der Waals surface area contributed by atoms with Crippen LogP contribution in [-0.2, 0) is 9.53 Å². The highest BCUT2D eigenvalue weighted by atomic mass is 19.4. The molecule has 2 aliphatic rings. The summed E-state index contributed by atoms with van der Waals surface area (Å²) in [6, 6.07) is -0.827. The summed E-state index contributed by atoms with van der Waals surface area (Å²) in [5.41, 5.74) is -5.70. The zero-order valence-corrected chi connectivity index (χ0v) is 14.5. The van der Waals surface area contributed by atoms with Crippen LogP contribution < -0.4 is 5.11 Å². The standard InChI is InChI=1S/C15H23F3N2O5/c1-12(2,3)25-11(23)20-6-9-5-14(24,15(16,17)18)8-19(9)7-13(20,4)10(21)22/h9,24H,5-8H2,1-4H3,(H,21,22)/p-1/t9-,13+,14-/m1/s1. The molecule has 144 valence electrons. The molecule has 0 spiro atoms. The second kappa shape index (κ2) is 5.73. The Morgan fingerprint density at radius 3 is 2.24 bits per heavy atom. The van der Waals surface area contributed by atoms with Crippen LogP contribution in [0.3, 0.4) is 0 Å². The van der Waals surface area contributed by atoms with Gasteiger partial charge in [-0.25, -0.2) is 4.79 Å². The number of rotatable bonds is 1. The van der Waals surface area contributed by atoms with Crippen LogP contribution in [0.4, 0.5) is 18.0 Å². The lowest BCUT2D eigenvalue weighted by Crippen LogP contribution is -2.71. The summed E-state index contributed by atoms with van der Waals surface area (Å²) < 4.78 is 44.5. The van der Waals surface area contributed by atoms with Crippen molar-refractivity contribution in [2.24, 2.45) is 0 Å². The molecule has 0 bridgehead atoms. The Balaban J connectivity index is 2.30. The number of fused-ring (bicyclic) bond motifs is 1. The Hall–Kier alpha value is -1.55. The Morgan fingerprint density at radius 1 is 1.24 bits per heavy atom. The minimum Gasteiger partial charge on any atom is -0.548 e. The van der Waals surface area contributed by atoms with Gasteiger partial charge in [-0.2, -0.15) is 13.2 Å². The van der Waals surface area contributed by atoms with E-state index in [4.69, 9.17) is 4.74 Å². The largest absolute Gasteiger partial charge is 0.548 e. The normalized spacial score (nSPS) is 33.9. The van der Waals surface area contributed by atoms with Crippen molar-refractivity contribution in [2.75, 3.05) is 19.6 Å². The van der Waals surface area contributed by atoms with Gasteiger partial charge in [0.25, 0.3) is 0 Å². The van der Waals surface area contributed by atoms with Crippen molar-refractivity contribution in [1.29, 1.82) is 0 Å². The van der Waals surface area contributed by atoms with Crippen molar-refractivity contribution in [3.8, 4) is 0 Å². The van der Waals surface area contributed by atoms with E-state index in [1.165, 1.54) is 11.8 Å². The zero-order chi connectivity index (χ0) is 19.4. The van der Waals surface area contributed by atoms with Gasteiger partial charge in [0.15, 0.2) is 5.60 Å². The molecule has 2 saturated heterocycles. The van der Waals surface area contributed by atoms with Crippen molar-refractivity contribution in [1.82, 2.24) is 9.80 Å². The first-order chi connectivity index (χ1) is 11.1. The number of carboxylic acids is 1. The summed E-state index contributed by atoms with van der Waals surface area (Å²) >= 11 is 0. The molecule has 25 heavy (non-hydrogen) atoms. The van der Waals surface area contributed by atoms with Crippen LogP contribution in [-0.4, -0.2) is 75.6 Å². The molecule has 2 rings (SSSR count). The van der Waals surface area contributed by atoms with Crippen molar-refractivity contribution in [2.45, 2.75) is 63.1 Å². The van der Waals surface area contributed by atoms with Gasteiger partial charge in [-0.05, 0) is 27.7 Å². The van der Waals surface area contributed by atoms with E-state index in [9.17, 15) is 33.0 Å². The van der Waals surface area contributed by atoms with Crippen molar-refractivity contribution >= 4 is 12.1 Å². The van der Waals surface area contributed by atoms with Gasteiger partial charge in [0, 0.05) is 32.1 Å². The number of amides is 1. The van der Waals surface area contributed by atoms with Crippen LogP contribution in [0.1, 0.15) is 34.1 Å². The van der Waals surface area contributed by atoms with Gasteiger partial charge in [0.2, 0.25) is 0 Å². The van der Waals surface area contributed by atoms with E-state index < -0.39 is 60.5 Å². The third-order valence-corrected chi connectivity index (χ3v) is 4.64. The summed E-state index contributed by atoms with van der Waals surface area (Å²) in [5.74, 6) is -1.60. The van der Waals surface area contributed by atoms with Crippen LogP contribution in [0.2, 0.25) is 0 Å². The lowest BCUT2D eigenvalue weighted by molar-refractivity contribution is -0.320. The first-order valence-corrected chi connectivity index (χ1v) is 7.84. The fourth-order valence-corrected chi connectivity index (χ4v) is 3.28. The summed E-state index contributed by atoms with van der Waals surface area (Å²) in [6.07, 6.45) is -6.43. The van der Waals surface area contributed by atoms with Crippen molar-refractivity contribution in [3.63, 3.8) is 0 Å². The third-order valence-electron chi connectivity index (χ3n) is 4.64. The Morgan fingerprint density at radius 2 is 1.80 bits per heavy atom. The monoisotopic (exact) mass is 367 g/mol. The van der Waals surface area contributed by atoms with Gasteiger partial charge < -0.3 is 19.7 Å². The highest BCUT2D eigenvalue weighted by molar-refractivity contribution is 5.83. The quantitative estimate of drug-likeness (QED) is 0.707. The van der Waals surface area contributed by atoms with E-state index in [-0.39, 0.29) is 6.54 Å². The molecule has 1 amide bonds. The fourth-order valence-electron chi connectivity index (χ4n) is 3.28. The molecule has 2 heterocycles. The summed E-state index contributed by atoms with van der Waals surface area (Å²) in [7, 11) is 0. The number of ether oxygens (including phenoxy) is 1. The molecule has 0 aromatic heterocycles. The molecule has 2 aliphatic heterocycles. The Bertz CT molecular complexity index is 576. The number of nitrogens with zero attached hydrogens (tertiary/aromatic N) is 2. The zero-order valence-electron chi connectivity index (χ0n) is 14.5. The fraction of sp³-hybridized carbons (Fsp3) is 0.867. The second-order valence-electron chi connectivity index (χ2n) is 7.94. The lowest BCUT2D eigenvalue weighted by Gasteiger charge is -2.50. The number of halogens is 3. The van der Waals surface area contributed by atoms with Gasteiger partial charge in [0.05, 0.1) is 11.5 Å². The first-order valence-electron chi connectivity index (χ1n) is 7.84. The first kappa shape index (κ1) is 19.8. The van der Waals surface area contributed by atoms with Crippen LogP contribution in [0.5, 0.6) is 0 Å². The number of alkyl halides is 3. The molecule has 0 unspecified atom stereocenters. The number of piperazine rings is 1. The van der Waals surface area contributed by atoms with Gasteiger partial charge >= 0.3 is 12.3 Å².